The number of hydrogen-bond donors (Lipinski definition) is 0. The van der Waals surface area contributed by atoms with Gasteiger partial charge in [0.1, 0.15) is 23.2 Å². The van der Waals surface area contributed by atoms with Crippen LogP contribution in [0.3, 0.4) is 0 Å². The van der Waals surface area contributed by atoms with Gasteiger partial charge in [0.15, 0.2) is 17.5 Å². The van der Waals surface area contributed by atoms with E-state index >= 15 is 0 Å². The molecule has 0 radical (unpaired) electrons. The van der Waals surface area contributed by atoms with E-state index in [-0.39, 0.29) is 17.1 Å². The lowest BCUT2D eigenvalue weighted by molar-refractivity contribution is 0.0591. The average molecular weight is 565 g/mol. The summed E-state index contributed by atoms with van der Waals surface area (Å²) >= 11 is 0. The average Bonchev–Trinajstić information content (AvgIpc) is 3.18. The summed E-state index contributed by atoms with van der Waals surface area (Å²) in [5, 5.41) is 0. The normalized spacial score (nSPS) is 18.6. The summed E-state index contributed by atoms with van der Waals surface area (Å²) in [5.74, 6) is -9.34. The monoisotopic (exact) mass is 564 g/mol. The van der Waals surface area contributed by atoms with Crippen LogP contribution in [-0.2, 0) is 4.74 Å². The molecule has 2 aromatic carbocycles. The van der Waals surface area contributed by atoms with E-state index in [0.29, 0.717) is 37.9 Å². The van der Waals surface area contributed by atoms with Gasteiger partial charge in [-0.25, -0.2) is 26.3 Å². The zero-order valence-electron chi connectivity index (χ0n) is 22.5. The van der Waals surface area contributed by atoms with Crippen LogP contribution in [0.25, 0.3) is 5.57 Å². The summed E-state index contributed by atoms with van der Waals surface area (Å²) < 4.78 is 118. The molecule has 3 unspecified atom stereocenters. The van der Waals surface area contributed by atoms with Gasteiger partial charge in [-0.05, 0) is 53.8 Å². The van der Waals surface area contributed by atoms with Crippen molar-refractivity contribution in [1.82, 2.24) is 0 Å². The van der Waals surface area contributed by atoms with Crippen molar-refractivity contribution in [1.29, 1.82) is 0 Å². The summed E-state index contributed by atoms with van der Waals surface area (Å²) in [4.78, 5) is 0. The fourth-order valence-electron chi connectivity index (χ4n) is 3.72. The third kappa shape index (κ3) is 8.68. The molecule has 2 aliphatic rings. The second-order valence-corrected chi connectivity index (χ2v) is 7.91. The van der Waals surface area contributed by atoms with Crippen molar-refractivity contribution in [3.63, 3.8) is 0 Å². The number of benzene rings is 2. The van der Waals surface area contributed by atoms with E-state index in [9.17, 15) is 35.1 Å². The molecule has 0 saturated carbocycles. The van der Waals surface area contributed by atoms with Gasteiger partial charge in [-0.1, -0.05) is 34.6 Å². The molecule has 0 fully saturated rings. The number of halogens is 8. The maximum absolute atomic E-state index is 14.9. The number of ether oxygens (including phenoxy) is 2. The molecule has 2 aromatic rings. The lowest BCUT2D eigenvalue weighted by Crippen LogP contribution is -2.11. The Hall–Kier alpha value is -3.14. The number of rotatable bonds is 4. The van der Waals surface area contributed by atoms with Crippen LogP contribution < -0.4 is 4.74 Å². The van der Waals surface area contributed by atoms with Gasteiger partial charge in [0.2, 0.25) is 0 Å². The molecule has 0 spiro atoms. The first-order valence-electron chi connectivity index (χ1n) is 12.4. The minimum atomic E-state index is -2.82. The SMILES string of the molecule is CC.CC.CC1COC2C=C(C=C(F)C(c3cc(F)c(C(F)Oc4cc(F)c(F)c(F)c4)c(F)c3)=C2)C1.CF. The predicted molar refractivity (Wildman–Crippen MR) is 136 cm³/mol. The molecule has 0 N–H and O–H groups in total. The lowest BCUT2D eigenvalue weighted by atomic mass is 9.99. The highest BCUT2D eigenvalue weighted by Gasteiger charge is 2.27. The van der Waals surface area contributed by atoms with Crippen LogP contribution in [0, 0.1) is 35.0 Å². The van der Waals surface area contributed by atoms with Gasteiger partial charge >= 0.3 is 0 Å². The maximum atomic E-state index is 14.9. The number of alkyl halides is 2. The van der Waals surface area contributed by atoms with Crippen LogP contribution >= 0.6 is 0 Å². The number of hydrogen-bond acceptors (Lipinski definition) is 2. The fraction of sp³-hybridized carbons (Fsp3) is 0.379. The zero-order valence-corrected chi connectivity index (χ0v) is 22.5. The Balaban J connectivity index is 0.00000119. The van der Waals surface area contributed by atoms with Crippen LogP contribution in [0.4, 0.5) is 35.1 Å². The van der Waals surface area contributed by atoms with Gasteiger partial charge in [-0.3, -0.25) is 4.39 Å². The molecular weight excluding hydrogens is 532 g/mol. The van der Waals surface area contributed by atoms with Crippen LogP contribution in [0.1, 0.15) is 58.5 Å². The third-order valence-corrected chi connectivity index (χ3v) is 5.25. The Morgan fingerprint density at radius 3 is 1.90 bits per heavy atom. The standard InChI is InChI=1S/C24H17F7O2.2C2H6.CH3F/c1-11-2-12-3-14(32-10-11)7-16(17(25)4-12)13-5-18(26)22(19(27)6-13)24(31)33-15-8-20(28)23(30)21(29)9-15;3*1-2/h3-9,11,14,24H,2,10H2,1H3;2*1-2H3;1H3. The van der Waals surface area contributed by atoms with Crippen molar-refractivity contribution in [2.45, 2.75) is 53.5 Å². The highest BCUT2D eigenvalue weighted by Crippen LogP contribution is 2.36. The van der Waals surface area contributed by atoms with E-state index in [1.807, 2.05) is 34.6 Å². The first kappa shape index (κ1) is 33.9. The van der Waals surface area contributed by atoms with E-state index in [2.05, 4.69) is 4.74 Å². The third-order valence-electron chi connectivity index (χ3n) is 5.25. The molecule has 2 nitrogen and oxygen atoms in total. The van der Waals surface area contributed by atoms with Crippen molar-refractivity contribution in [2.24, 2.45) is 5.92 Å². The molecule has 3 atom stereocenters. The van der Waals surface area contributed by atoms with Gasteiger partial charge in [0.05, 0.1) is 25.5 Å². The Labute approximate surface area is 223 Å². The van der Waals surface area contributed by atoms with Gasteiger partial charge in [-0.2, -0.15) is 4.39 Å². The highest BCUT2D eigenvalue weighted by molar-refractivity contribution is 5.79. The minimum absolute atomic E-state index is 0.135. The summed E-state index contributed by atoms with van der Waals surface area (Å²) in [5.41, 5.74) is -0.846. The first-order valence-corrected chi connectivity index (χ1v) is 12.4. The Morgan fingerprint density at radius 2 is 1.36 bits per heavy atom. The molecule has 1 aliphatic carbocycles. The Bertz CT molecular complexity index is 1140. The van der Waals surface area contributed by atoms with E-state index in [1.54, 1.807) is 6.08 Å². The van der Waals surface area contributed by atoms with Gasteiger partial charge in [-0.15, -0.1) is 0 Å². The van der Waals surface area contributed by atoms with Crippen molar-refractivity contribution in [2.75, 3.05) is 13.8 Å². The van der Waals surface area contributed by atoms with Gasteiger partial charge in [0.25, 0.3) is 6.36 Å². The zero-order chi connectivity index (χ0) is 29.9. The molecule has 216 valence electrons. The molecule has 0 amide bonds. The molecule has 0 saturated heterocycles. The summed E-state index contributed by atoms with van der Waals surface area (Å²) in [6, 6.07) is 2.11. The van der Waals surface area contributed by atoms with Crippen molar-refractivity contribution >= 4 is 5.57 Å². The molecule has 4 rings (SSSR count). The highest BCUT2D eigenvalue weighted by atomic mass is 19.2. The van der Waals surface area contributed by atoms with Gasteiger partial charge < -0.3 is 9.47 Å². The predicted octanol–water partition coefficient (Wildman–Crippen LogP) is 9.67. The van der Waals surface area contributed by atoms with Crippen molar-refractivity contribution in [3.8, 4) is 5.75 Å². The quantitative estimate of drug-likeness (QED) is 0.272. The molecule has 0 aromatic heterocycles. The molecular formula is C29H32F8O2. The van der Waals surface area contributed by atoms with E-state index in [0.717, 1.165) is 12.1 Å². The minimum Gasteiger partial charge on any atom is -0.456 e. The van der Waals surface area contributed by atoms with Crippen LogP contribution in [0.2, 0.25) is 0 Å². The van der Waals surface area contributed by atoms with Crippen LogP contribution in [0.5, 0.6) is 5.75 Å². The second kappa shape index (κ2) is 16.1. The smallest absolute Gasteiger partial charge is 0.269 e. The lowest BCUT2D eigenvalue weighted by Gasteiger charge is -2.16. The van der Waals surface area contributed by atoms with E-state index in [1.165, 1.54) is 12.2 Å². The molecule has 1 heterocycles. The Morgan fingerprint density at radius 1 is 0.821 bits per heavy atom. The topological polar surface area (TPSA) is 18.5 Å². The van der Waals surface area contributed by atoms with Crippen molar-refractivity contribution < 1.29 is 44.6 Å². The summed E-state index contributed by atoms with van der Waals surface area (Å²) in [6.07, 6.45) is 1.48. The Kier molecular flexibility index (Phi) is 14.0. The van der Waals surface area contributed by atoms with Gasteiger partial charge in [0, 0.05) is 17.7 Å². The fourth-order valence-corrected chi connectivity index (χ4v) is 3.72. The van der Waals surface area contributed by atoms with Crippen LogP contribution in [0.15, 0.2) is 53.9 Å². The number of fused-ring (bicyclic) bond motifs is 1. The van der Waals surface area contributed by atoms with Crippen LogP contribution in [-0.4, -0.2) is 19.9 Å². The second-order valence-electron chi connectivity index (χ2n) is 7.91. The van der Waals surface area contributed by atoms with E-state index < -0.39 is 58.7 Å². The first-order chi connectivity index (χ1) is 18.6. The molecule has 39 heavy (non-hydrogen) atoms. The molecule has 10 heteroatoms. The maximum Gasteiger partial charge on any atom is 0.269 e. The molecule has 1 aliphatic heterocycles. The molecule has 2 bridgehead atoms. The summed E-state index contributed by atoms with van der Waals surface area (Å²) in [7, 11) is 0.500. The summed E-state index contributed by atoms with van der Waals surface area (Å²) in [6.45, 7) is 10.4. The largest absolute Gasteiger partial charge is 0.456 e. The van der Waals surface area contributed by atoms with E-state index in [4.69, 9.17) is 4.74 Å². The van der Waals surface area contributed by atoms with Crippen molar-refractivity contribution in [3.05, 3.63) is 94.1 Å². The number of allylic oxidation sites excluding steroid dienone is 4.